The minimum Gasteiger partial charge on any atom is -0.463 e. The summed E-state index contributed by atoms with van der Waals surface area (Å²) >= 11 is 1.20. The summed E-state index contributed by atoms with van der Waals surface area (Å²) in [6, 6.07) is 3.46. The Hall–Kier alpha value is -2.27. The number of carbonyl (C=O) groups is 2. The van der Waals surface area contributed by atoms with Gasteiger partial charge in [-0.1, -0.05) is 0 Å². The van der Waals surface area contributed by atoms with Gasteiger partial charge in [-0.2, -0.15) is 5.26 Å². The predicted molar refractivity (Wildman–Crippen MR) is 69.9 cm³/mol. The first-order chi connectivity index (χ1) is 9.21. The van der Waals surface area contributed by atoms with Crippen molar-refractivity contribution in [2.45, 2.75) is 32.9 Å². The second-order valence-corrected chi connectivity index (χ2v) is 5.78. The zero-order valence-corrected chi connectivity index (χ0v) is 12.1. The van der Waals surface area contributed by atoms with Crippen molar-refractivity contribution in [1.82, 2.24) is 5.06 Å². The van der Waals surface area contributed by atoms with E-state index < -0.39 is 17.8 Å². The van der Waals surface area contributed by atoms with Gasteiger partial charge in [0.2, 0.25) is 0 Å². The van der Waals surface area contributed by atoms with Crippen molar-refractivity contribution in [3.05, 3.63) is 21.9 Å². The molecule has 0 unspecified atom stereocenters. The first kappa shape index (κ1) is 15.8. The fraction of sp³-hybridized carbons (Fsp3) is 0.417. The van der Waals surface area contributed by atoms with Gasteiger partial charge in [0.05, 0.1) is 12.1 Å². The molecule has 0 bridgehead atoms. The van der Waals surface area contributed by atoms with Crippen molar-refractivity contribution in [1.29, 1.82) is 5.26 Å². The van der Waals surface area contributed by atoms with Crippen LogP contribution in [0.25, 0.3) is 0 Å². The monoisotopic (exact) mass is 298 g/mol. The lowest BCUT2D eigenvalue weighted by Crippen LogP contribution is -2.34. The van der Waals surface area contributed by atoms with Gasteiger partial charge >= 0.3 is 12.2 Å². The molecule has 0 fully saturated rings. The van der Waals surface area contributed by atoms with Crippen molar-refractivity contribution in [3.8, 4) is 6.07 Å². The summed E-state index contributed by atoms with van der Waals surface area (Å²) in [5, 5.41) is 19.7. The molecule has 0 radical (unpaired) electrons. The average molecular weight is 298 g/mol. The van der Waals surface area contributed by atoms with Crippen LogP contribution in [0.4, 0.5) is 9.59 Å². The number of rotatable bonds is 2. The number of carboxylic acid groups (broad SMARTS) is 1. The highest BCUT2D eigenvalue weighted by atomic mass is 32.1. The minimum atomic E-state index is -1.43. The third-order valence-electron chi connectivity index (χ3n) is 1.87. The van der Waals surface area contributed by atoms with Crippen LogP contribution in [0.2, 0.25) is 0 Å². The Labute approximate surface area is 119 Å². The second kappa shape index (κ2) is 6.25. The zero-order valence-electron chi connectivity index (χ0n) is 11.2. The van der Waals surface area contributed by atoms with Gasteiger partial charge in [-0.25, -0.2) is 9.59 Å². The Balaban J connectivity index is 2.68. The van der Waals surface area contributed by atoms with Crippen LogP contribution < -0.4 is 0 Å². The molecular weight excluding hydrogens is 284 g/mol. The molecule has 1 heterocycles. The van der Waals surface area contributed by atoms with Gasteiger partial charge in [0.15, 0.2) is 0 Å². The van der Waals surface area contributed by atoms with Crippen molar-refractivity contribution >= 4 is 23.6 Å². The Morgan fingerprint density at radius 1 is 1.50 bits per heavy atom. The van der Waals surface area contributed by atoms with Crippen molar-refractivity contribution in [2.75, 3.05) is 0 Å². The highest BCUT2D eigenvalue weighted by Crippen LogP contribution is 2.17. The fourth-order valence-electron chi connectivity index (χ4n) is 1.16. The number of ether oxygens (including phenoxy) is 1. The van der Waals surface area contributed by atoms with E-state index in [1.807, 2.05) is 6.07 Å². The molecule has 1 rings (SSSR count). The number of hydroxylamine groups is 2. The third kappa shape index (κ3) is 5.16. The van der Waals surface area contributed by atoms with Crippen LogP contribution in [0.5, 0.6) is 0 Å². The van der Waals surface area contributed by atoms with Gasteiger partial charge in [0, 0.05) is 10.3 Å². The molecule has 8 heteroatoms. The summed E-state index contributed by atoms with van der Waals surface area (Å²) < 4.78 is 4.87. The van der Waals surface area contributed by atoms with Gasteiger partial charge in [-0.05, 0) is 26.8 Å². The van der Waals surface area contributed by atoms with Crippen LogP contribution in [0.15, 0.2) is 11.4 Å². The summed E-state index contributed by atoms with van der Waals surface area (Å²) in [5.74, 6) is 0. The van der Waals surface area contributed by atoms with E-state index in [0.717, 1.165) is 0 Å². The van der Waals surface area contributed by atoms with Gasteiger partial charge < -0.3 is 9.84 Å². The lowest BCUT2D eigenvalue weighted by molar-refractivity contribution is -0.126. The predicted octanol–water partition coefficient (Wildman–Crippen LogP) is 2.97. The molecular formula is C12H14N2O5S. The largest absolute Gasteiger partial charge is 0.534 e. The number of nitrogens with zero attached hydrogens (tertiary/aromatic N) is 2. The van der Waals surface area contributed by atoms with Gasteiger partial charge in [0.25, 0.3) is 0 Å². The number of nitriles is 1. The SMILES string of the molecule is CC(C)(C)OC(=O)ON(Cc1cc(C#N)cs1)C(=O)O. The molecule has 1 aromatic heterocycles. The van der Waals surface area contributed by atoms with Crippen LogP contribution in [0.3, 0.4) is 0 Å². The van der Waals surface area contributed by atoms with Crippen molar-refractivity contribution in [2.24, 2.45) is 0 Å². The van der Waals surface area contributed by atoms with E-state index in [1.165, 1.54) is 17.4 Å². The summed E-state index contributed by atoms with van der Waals surface area (Å²) in [5.41, 5.74) is -0.356. The van der Waals surface area contributed by atoms with Crippen molar-refractivity contribution < 1.29 is 24.3 Å². The first-order valence-corrected chi connectivity index (χ1v) is 6.48. The van der Waals surface area contributed by atoms with Crippen LogP contribution in [0, 0.1) is 11.3 Å². The highest BCUT2D eigenvalue weighted by Gasteiger charge is 2.24. The Morgan fingerprint density at radius 2 is 2.15 bits per heavy atom. The number of amides is 1. The molecule has 108 valence electrons. The summed E-state index contributed by atoms with van der Waals surface area (Å²) in [6.45, 7) is 4.74. The maximum atomic E-state index is 11.4. The van der Waals surface area contributed by atoms with E-state index in [9.17, 15) is 9.59 Å². The summed E-state index contributed by atoms with van der Waals surface area (Å²) in [6.07, 6.45) is -2.53. The lowest BCUT2D eigenvalue weighted by Gasteiger charge is -2.22. The number of thiophene rings is 1. The smallest absolute Gasteiger partial charge is 0.463 e. The molecule has 0 aliphatic heterocycles. The third-order valence-corrected chi connectivity index (χ3v) is 2.79. The maximum Gasteiger partial charge on any atom is 0.534 e. The first-order valence-electron chi connectivity index (χ1n) is 5.60. The molecule has 0 saturated heterocycles. The molecule has 1 N–H and O–H groups in total. The summed E-state index contributed by atoms with van der Waals surface area (Å²) in [4.78, 5) is 27.6. The van der Waals surface area contributed by atoms with E-state index in [4.69, 9.17) is 15.1 Å². The number of hydrogen-bond donors (Lipinski definition) is 1. The Bertz CT molecular complexity index is 541. The number of carbonyl (C=O) groups excluding carboxylic acids is 1. The minimum absolute atomic E-state index is 0.166. The van der Waals surface area contributed by atoms with Gasteiger partial charge in [0.1, 0.15) is 11.7 Å². The quantitative estimate of drug-likeness (QED) is 0.665. The van der Waals surface area contributed by atoms with E-state index >= 15 is 0 Å². The highest BCUT2D eigenvalue weighted by molar-refractivity contribution is 7.10. The maximum absolute atomic E-state index is 11.4. The molecule has 0 aromatic carbocycles. The van der Waals surface area contributed by atoms with E-state index in [2.05, 4.69) is 4.84 Å². The van der Waals surface area contributed by atoms with Gasteiger partial charge in [-0.15, -0.1) is 16.4 Å². The normalized spacial score (nSPS) is 10.5. The average Bonchev–Trinajstić information content (AvgIpc) is 2.73. The summed E-state index contributed by atoms with van der Waals surface area (Å²) in [7, 11) is 0. The van der Waals surface area contributed by atoms with E-state index in [1.54, 1.807) is 26.2 Å². The van der Waals surface area contributed by atoms with E-state index in [0.29, 0.717) is 15.5 Å². The standard InChI is InChI=1S/C12H14N2O5S/c1-12(2,3)18-11(17)19-14(10(15)16)6-9-4-8(5-13)7-20-9/h4,7H,6H2,1-3H3,(H,15,16). The lowest BCUT2D eigenvalue weighted by atomic mass is 10.2. The Kier molecular flexibility index (Phi) is 4.94. The second-order valence-electron chi connectivity index (χ2n) is 4.79. The molecule has 7 nitrogen and oxygen atoms in total. The zero-order chi connectivity index (χ0) is 15.3. The molecule has 1 amide bonds. The van der Waals surface area contributed by atoms with Crippen LogP contribution in [-0.2, 0) is 16.1 Å². The molecule has 20 heavy (non-hydrogen) atoms. The molecule has 0 aliphatic rings. The molecule has 1 aromatic rings. The molecule has 0 aliphatic carbocycles. The molecule has 0 saturated carbocycles. The number of hydrogen-bond acceptors (Lipinski definition) is 6. The fourth-order valence-corrected chi connectivity index (χ4v) is 1.95. The van der Waals surface area contributed by atoms with Crippen LogP contribution in [-0.4, -0.2) is 28.0 Å². The van der Waals surface area contributed by atoms with E-state index in [-0.39, 0.29) is 6.54 Å². The van der Waals surface area contributed by atoms with Gasteiger partial charge in [-0.3, -0.25) is 4.84 Å². The molecule has 0 spiro atoms. The van der Waals surface area contributed by atoms with Crippen LogP contribution >= 0.6 is 11.3 Å². The van der Waals surface area contributed by atoms with Crippen molar-refractivity contribution in [3.63, 3.8) is 0 Å². The van der Waals surface area contributed by atoms with Crippen LogP contribution in [0.1, 0.15) is 31.2 Å². The molecule has 0 atom stereocenters. The Morgan fingerprint density at radius 3 is 2.60 bits per heavy atom. The topological polar surface area (TPSA) is 99.9 Å².